The second-order valence-electron chi connectivity index (χ2n) is 7.51. The van der Waals surface area contributed by atoms with Crippen LogP contribution < -0.4 is 15.4 Å². The first-order valence-electron chi connectivity index (χ1n) is 10.5. The van der Waals surface area contributed by atoms with Crippen LogP contribution in [0.5, 0.6) is 5.75 Å². The Kier molecular flexibility index (Phi) is 5.63. The summed E-state index contributed by atoms with van der Waals surface area (Å²) in [7, 11) is 0. The molecule has 0 spiro atoms. The fraction of sp³-hybridized carbons (Fsp3) is 0.217. The van der Waals surface area contributed by atoms with Gasteiger partial charge in [-0.3, -0.25) is 9.89 Å². The van der Waals surface area contributed by atoms with Gasteiger partial charge in [0.25, 0.3) is 5.91 Å². The average Bonchev–Trinajstić information content (AvgIpc) is 3.31. The number of ether oxygens (including phenoxy) is 1. The summed E-state index contributed by atoms with van der Waals surface area (Å²) in [5.41, 5.74) is 2.70. The Morgan fingerprint density at radius 3 is 2.94 bits per heavy atom. The number of nitrogens with one attached hydrogen (secondary N) is 3. The highest BCUT2D eigenvalue weighted by molar-refractivity contribution is 5.82. The van der Waals surface area contributed by atoms with E-state index in [0.717, 1.165) is 35.2 Å². The Morgan fingerprint density at radius 1 is 1.12 bits per heavy atom. The highest BCUT2D eigenvalue weighted by atomic mass is 16.5. The Hall–Kier alpha value is -3.98. The summed E-state index contributed by atoms with van der Waals surface area (Å²) in [6.45, 7) is 3.08. The van der Waals surface area contributed by atoms with Crippen molar-refractivity contribution in [1.82, 2.24) is 30.4 Å². The minimum Gasteiger partial charge on any atom is -0.484 e. The molecule has 5 rings (SSSR count). The molecule has 2 aromatic heterocycles. The van der Waals surface area contributed by atoms with Crippen LogP contribution in [0.4, 0.5) is 11.5 Å². The average molecular weight is 429 g/mol. The Bertz CT molecular complexity index is 1230. The van der Waals surface area contributed by atoms with E-state index in [1.165, 1.54) is 0 Å². The van der Waals surface area contributed by atoms with Gasteiger partial charge < -0.3 is 20.3 Å². The molecule has 4 aromatic rings. The van der Waals surface area contributed by atoms with Crippen LogP contribution in [-0.4, -0.2) is 63.8 Å². The zero-order valence-electron chi connectivity index (χ0n) is 17.4. The normalized spacial score (nSPS) is 13.8. The molecule has 1 amide bonds. The number of carbonyl (C=O) groups excluding carboxylic acids is 1. The molecular formula is C23H23N7O2. The molecule has 32 heavy (non-hydrogen) atoms. The maximum atomic E-state index is 12.3. The molecule has 1 saturated heterocycles. The number of hydrogen-bond donors (Lipinski definition) is 3. The summed E-state index contributed by atoms with van der Waals surface area (Å²) in [5, 5.41) is 14.6. The van der Waals surface area contributed by atoms with E-state index in [0.29, 0.717) is 30.5 Å². The van der Waals surface area contributed by atoms with E-state index >= 15 is 0 Å². The van der Waals surface area contributed by atoms with Gasteiger partial charge in [-0.05, 0) is 36.4 Å². The largest absolute Gasteiger partial charge is 0.484 e. The molecule has 1 fully saturated rings. The lowest BCUT2D eigenvalue weighted by Gasteiger charge is -2.27. The highest BCUT2D eigenvalue weighted by Gasteiger charge is 2.16. The Balaban J connectivity index is 1.27. The summed E-state index contributed by atoms with van der Waals surface area (Å²) in [5.74, 6) is 1.85. The van der Waals surface area contributed by atoms with Crippen molar-refractivity contribution in [3.8, 4) is 17.1 Å². The van der Waals surface area contributed by atoms with Crippen LogP contribution in [0.25, 0.3) is 22.3 Å². The van der Waals surface area contributed by atoms with Crippen molar-refractivity contribution in [2.45, 2.75) is 0 Å². The van der Waals surface area contributed by atoms with Gasteiger partial charge in [-0.25, -0.2) is 9.97 Å². The molecule has 1 aliphatic heterocycles. The Morgan fingerprint density at radius 2 is 2.03 bits per heavy atom. The number of piperazine rings is 1. The number of rotatable bonds is 6. The molecule has 2 aromatic carbocycles. The van der Waals surface area contributed by atoms with Crippen LogP contribution >= 0.6 is 0 Å². The zero-order chi connectivity index (χ0) is 21.8. The lowest BCUT2D eigenvalue weighted by Crippen LogP contribution is -2.47. The number of H-pyrrole nitrogens is 1. The van der Waals surface area contributed by atoms with Gasteiger partial charge in [-0.1, -0.05) is 12.1 Å². The third-order valence-corrected chi connectivity index (χ3v) is 5.29. The lowest BCUT2D eigenvalue weighted by molar-refractivity contribution is -0.133. The quantitative estimate of drug-likeness (QED) is 0.432. The van der Waals surface area contributed by atoms with Gasteiger partial charge in [0.2, 0.25) is 0 Å². The van der Waals surface area contributed by atoms with Crippen molar-refractivity contribution < 1.29 is 9.53 Å². The molecule has 0 atom stereocenters. The molecule has 0 radical (unpaired) electrons. The number of anilines is 2. The van der Waals surface area contributed by atoms with Gasteiger partial charge in [-0.15, -0.1) is 0 Å². The number of hydrogen-bond acceptors (Lipinski definition) is 7. The van der Waals surface area contributed by atoms with Crippen molar-refractivity contribution in [3.63, 3.8) is 0 Å². The monoisotopic (exact) mass is 429 g/mol. The van der Waals surface area contributed by atoms with Crippen molar-refractivity contribution >= 4 is 28.3 Å². The number of fused-ring (bicyclic) bond motifs is 1. The van der Waals surface area contributed by atoms with E-state index in [2.05, 4.69) is 30.8 Å². The fourth-order valence-corrected chi connectivity index (χ4v) is 3.61. The van der Waals surface area contributed by atoms with Crippen molar-refractivity contribution in [1.29, 1.82) is 0 Å². The number of amides is 1. The molecule has 3 N–H and O–H groups in total. The predicted octanol–water partition coefficient (Wildman–Crippen LogP) is 2.57. The van der Waals surface area contributed by atoms with Gasteiger partial charge in [0, 0.05) is 49.0 Å². The van der Waals surface area contributed by atoms with E-state index < -0.39 is 0 Å². The first-order valence-corrected chi connectivity index (χ1v) is 10.5. The number of aromatic amines is 1. The number of benzene rings is 2. The maximum absolute atomic E-state index is 12.3. The second kappa shape index (κ2) is 9.03. The number of aromatic nitrogens is 4. The van der Waals surface area contributed by atoms with Gasteiger partial charge in [0.1, 0.15) is 11.6 Å². The number of nitrogens with zero attached hydrogens (tertiary/aromatic N) is 4. The summed E-state index contributed by atoms with van der Waals surface area (Å²) in [6.07, 6.45) is 3.49. The second-order valence-corrected chi connectivity index (χ2v) is 7.51. The molecule has 0 bridgehead atoms. The smallest absolute Gasteiger partial charge is 0.260 e. The summed E-state index contributed by atoms with van der Waals surface area (Å²) in [6, 6.07) is 15.2. The molecule has 9 heteroatoms. The molecular weight excluding hydrogens is 406 g/mol. The standard InChI is InChI=1S/C23H23N7O2/c31-22(30-10-8-24-9-11-30)15-32-19-3-1-2-16(13-19)23-25-7-6-21(28-23)27-18-4-5-20-17(12-18)14-26-29-20/h1-7,12-14,24H,8-11,15H2,(H,26,29)(H,25,27,28). The SMILES string of the molecule is O=C(COc1cccc(-c2nccc(Nc3ccc4[nH]ncc4c3)n2)c1)N1CCNCC1. The molecule has 0 unspecified atom stereocenters. The van der Waals surface area contributed by atoms with E-state index in [4.69, 9.17) is 4.74 Å². The van der Waals surface area contributed by atoms with Gasteiger partial charge in [-0.2, -0.15) is 5.10 Å². The zero-order valence-corrected chi connectivity index (χ0v) is 17.4. The van der Waals surface area contributed by atoms with E-state index in [9.17, 15) is 4.79 Å². The van der Waals surface area contributed by atoms with Crippen LogP contribution in [0.15, 0.2) is 60.9 Å². The lowest BCUT2D eigenvalue weighted by atomic mass is 10.2. The third-order valence-electron chi connectivity index (χ3n) is 5.29. The molecule has 3 heterocycles. The van der Waals surface area contributed by atoms with Crippen LogP contribution in [0, 0.1) is 0 Å². The van der Waals surface area contributed by atoms with Crippen molar-refractivity contribution in [2.24, 2.45) is 0 Å². The van der Waals surface area contributed by atoms with Crippen molar-refractivity contribution in [3.05, 3.63) is 60.9 Å². The van der Waals surface area contributed by atoms with Crippen molar-refractivity contribution in [2.75, 3.05) is 38.1 Å². The first-order chi connectivity index (χ1) is 15.7. The van der Waals surface area contributed by atoms with E-state index in [1.807, 2.05) is 53.4 Å². The first kappa shape index (κ1) is 20.0. The molecule has 162 valence electrons. The predicted molar refractivity (Wildman–Crippen MR) is 122 cm³/mol. The summed E-state index contributed by atoms with van der Waals surface area (Å²) in [4.78, 5) is 23.2. The summed E-state index contributed by atoms with van der Waals surface area (Å²) >= 11 is 0. The van der Waals surface area contributed by atoms with Gasteiger partial charge in [0.15, 0.2) is 12.4 Å². The van der Waals surface area contributed by atoms with Crippen LogP contribution in [0.2, 0.25) is 0 Å². The molecule has 1 aliphatic rings. The van der Waals surface area contributed by atoms with E-state index in [-0.39, 0.29) is 12.5 Å². The van der Waals surface area contributed by atoms with Crippen LogP contribution in [0.1, 0.15) is 0 Å². The van der Waals surface area contributed by atoms with E-state index in [1.54, 1.807) is 12.4 Å². The van der Waals surface area contributed by atoms with Gasteiger partial charge in [0.05, 0.1) is 11.7 Å². The maximum Gasteiger partial charge on any atom is 0.260 e. The molecule has 0 saturated carbocycles. The van der Waals surface area contributed by atoms with Crippen LogP contribution in [0.3, 0.4) is 0 Å². The molecule has 0 aliphatic carbocycles. The molecule has 9 nitrogen and oxygen atoms in total. The third kappa shape index (κ3) is 4.52. The minimum absolute atomic E-state index is 0.00561. The Labute approximate surface area is 184 Å². The highest BCUT2D eigenvalue weighted by Crippen LogP contribution is 2.24. The number of carbonyl (C=O) groups is 1. The summed E-state index contributed by atoms with van der Waals surface area (Å²) < 4.78 is 5.75. The van der Waals surface area contributed by atoms with Crippen LogP contribution in [-0.2, 0) is 4.79 Å². The fourth-order valence-electron chi connectivity index (χ4n) is 3.61. The topological polar surface area (TPSA) is 108 Å². The van der Waals surface area contributed by atoms with Gasteiger partial charge >= 0.3 is 0 Å². The minimum atomic E-state index is -0.00561.